The van der Waals surface area contributed by atoms with Gasteiger partial charge in [-0.25, -0.2) is 0 Å². The molecule has 6 heteroatoms. The topological polar surface area (TPSA) is 40.5 Å². The van der Waals surface area contributed by atoms with Gasteiger partial charge in [0.05, 0.1) is 19.8 Å². The van der Waals surface area contributed by atoms with Crippen molar-refractivity contribution in [1.29, 1.82) is 0 Å². The van der Waals surface area contributed by atoms with E-state index in [4.69, 9.17) is 23.2 Å². The van der Waals surface area contributed by atoms with Crippen LogP contribution in [-0.4, -0.2) is 10.2 Å². The SMILES string of the molecule is O/C(=C(/O)c1cc(Cl)cs1)c1cc(Cl)cs1. The molecule has 0 aliphatic rings. The summed E-state index contributed by atoms with van der Waals surface area (Å²) in [6, 6.07) is 3.18. The fourth-order valence-electron chi connectivity index (χ4n) is 1.11. The minimum Gasteiger partial charge on any atom is -0.503 e. The van der Waals surface area contributed by atoms with Gasteiger partial charge in [-0.3, -0.25) is 0 Å². The number of hydrogen-bond donors (Lipinski definition) is 2. The van der Waals surface area contributed by atoms with Crippen molar-refractivity contribution in [3.8, 4) is 0 Å². The lowest BCUT2D eigenvalue weighted by atomic mass is 10.3. The molecule has 0 atom stereocenters. The van der Waals surface area contributed by atoms with Crippen molar-refractivity contribution in [3.05, 3.63) is 42.7 Å². The maximum atomic E-state index is 9.81. The minimum absolute atomic E-state index is 0.185. The van der Waals surface area contributed by atoms with E-state index >= 15 is 0 Å². The van der Waals surface area contributed by atoms with E-state index in [9.17, 15) is 10.2 Å². The summed E-state index contributed by atoms with van der Waals surface area (Å²) in [7, 11) is 0. The molecular weight excluding hydrogens is 287 g/mol. The Labute approximate surface area is 110 Å². The number of rotatable bonds is 2. The van der Waals surface area contributed by atoms with Gasteiger partial charge in [-0.05, 0) is 12.1 Å². The molecule has 0 unspecified atom stereocenters. The molecule has 0 saturated heterocycles. The second-order valence-electron chi connectivity index (χ2n) is 2.96. The molecule has 2 rings (SSSR count). The highest BCUT2D eigenvalue weighted by Gasteiger charge is 2.13. The van der Waals surface area contributed by atoms with Crippen LogP contribution in [0, 0.1) is 0 Å². The van der Waals surface area contributed by atoms with Crippen molar-refractivity contribution < 1.29 is 10.2 Å². The standard InChI is InChI=1S/C10H6Cl2O2S2/c11-5-1-7(15-3-5)9(13)10(14)8-2-6(12)4-16-8/h1-4,13-14H/b10-9+. The summed E-state index contributed by atoms with van der Waals surface area (Å²) in [4.78, 5) is 1.04. The van der Waals surface area contributed by atoms with Crippen LogP contribution < -0.4 is 0 Å². The maximum absolute atomic E-state index is 9.81. The molecule has 0 saturated carbocycles. The van der Waals surface area contributed by atoms with Crippen LogP contribution in [0.4, 0.5) is 0 Å². The van der Waals surface area contributed by atoms with Gasteiger partial charge < -0.3 is 10.2 Å². The first-order chi connectivity index (χ1) is 7.58. The first kappa shape index (κ1) is 11.8. The lowest BCUT2D eigenvalue weighted by Crippen LogP contribution is -1.85. The summed E-state index contributed by atoms with van der Waals surface area (Å²) >= 11 is 14.0. The highest BCUT2D eigenvalue weighted by Crippen LogP contribution is 2.32. The number of aliphatic hydroxyl groups excluding tert-OH is 2. The molecule has 2 aromatic rings. The predicted molar refractivity (Wildman–Crippen MR) is 70.7 cm³/mol. The lowest BCUT2D eigenvalue weighted by molar-refractivity contribution is 0.462. The van der Waals surface area contributed by atoms with E-state index in [2.05, 4.69) is 0 Å². The zero-order chi connectivity index (χ0) is 11.7. The largest absolute Gasteiger partial charge is 0.503 e. The Hall–Kier alpha value is -0.680. The minimum atomic E-state index is -0.185. The second kappa shape index (κ2) is 4.67. The molecule has 84 valence electrons. The summed E-state index contributed by atoms with van der Waals surface area (Å²) in [6.07, 6.45) is 0. The van der Waals surface area contributed by atoms with E-state index in [0.29, 0.717) is 19.8 Å². The second-order valence-corrected chi connectivity index (χ2v) is 5.65. The average molecular weight is 293 g/mol. The normalized spacial score (nSPS) is 12.6. The van der Waals surface area contributed by atoms with Gasteiger partial charge in [0.2, 0.25) is 0 Å². The van der Waals surface area contributed by atoms with Gasteiger partial charge in [-0.2, -0.15) is 0 Å². The molecule has 16 heavy (non-hydrogen) atoms. The molecule has 0 radical (unpaired) electrons. The fraction of sp³-hybridized carbons (Fsp3) is 0. The molecule has 0 aromatic carbocycles. The van der Waals surface area contributed by atoms with E-state index < -0.39 is 0 Å². The highest BCUT2D eigenvalue weighted by molar-refractivity contribution is 7.12. The maximum Gasteiger partial charge on any atom is 0.176 e. The van der Waals surface area contributed by atoms with Crippen molar-refractivity contribution in [1.82, 2.24) is 0 Å². The third-order valence-corrected chi connectivity index (χ3v) is 4.40. The van der Waals surface area contributed by atoms with Gasteiger partial charge in [-0.15, -0.1) is 22.7 Å². The Morgan fingerprint density at radius 2 is 1.25 bits per heavy atom. The van der Waals surface area contributed by atoms with Crippen molar-refractivity contribution in [2.24, 2.45) is 0 Å². The summed E-state index contributed by atoms with van der Waals surface area (Å²) < 4.78 is 0. The van der Waals surface area contributed by atoms with Gasteiger partial charge in [-0.1, -0.05) is 23.2 Å². The Balaban J connectivity index is 2.41. The highest BCUT2D eigenvalue weighted by atomic mass is 35.5. The quantitative estimate of drug-likeness (QED) is 0.760. The zero-order valence-electron chi connectivity index (χ0n) is 7.78. The third kappa shape index (κ3) is 2.35. The van der Waals surface area contributed by atoms with E-state index in [1.54, 1.807) is 22.9 Å². The predicted octanol–water partition coefficient (Wildman–Crippen LogP) is 5.06. The smallest absolute Gasteiger partial charge is 0.176 e. The van der Waals surface area contributed by atoms with Crippen LogP contribution in [0.1, 0.15) is 9.75 Å². The first-order valence-corrected chi connectivity index (χ1v) is 6.70. The van der Waals surface area contributed by atoms with Gasteiger partial charge in [0.1, 0.15) is 0 Å². The fourth-order valence-corrected chi connectivity index (χ4v) is 3.14. The Bertz CT molecular complexity index is 494. The van der Waals surface area contributed by atoms with Crippen LogP contribution in [0.25, 0.3) is 11.5 Å². The van der Waals surface area contributed by atoms with Gasteiger partial charge in [0.25, 0.3) is 0 Å². The lowest BCUT2D eigenvalue weighted by Gasteiger charge is -1.99. The molecule has 0 amide bonds. The zero-order valence-corrected chi connectivity index (χ0v) is 10.9. The molecule has 0 spiro atoms. The van der Waals surface area contributed by atoms with E-state index in [1.807, 2.05) is 0 Å². The molecule has 0 aliphatic carbocycles. The number of halogens is 2. The Morgan fingerprint density at radius 3 is 1.50 bits per heavy atom. The molecule has 0 aliphatic heterocycles. The van der Waals surface area contributed by atoms with E-state index in [1.165, 1.54) is 22.7 Å². The monoisotopic (exact) mass is 292 g/mol. The van der Waals surface area contributed by atoms with Gasteiger partial charge in [0.15, 0.2) is 11.5 Å². The van der Waals surface area contributed by atoms with Crippen molar-refractivity contribution in [3.63, 3.8) is 0 Å². The van der Waals surface area contributed by atoms with Crippen LogP contribution in [-0.2, 0) is 0 Å². The Morgan fingerprint density at radius 1 is 0.875 bits per heavy atom. The summed E-state index contributed by atoms with van der Waals surface area (Å²) in [5, 5.41) is 24.0. The molecule has 2 nitrogen and oxygen atoms in total. The molecule has 0 fully saturated rings. The third-order valence-electron chi connectivity index (χ3n) is 1.83. The van der Waals surface area contributed by atoms with Crippen LogP contribution in [0.15, 0.2) is 22.9 Å². The van der Waals surface area contributed by atoms with Crippen LogP contribution in [0.2, 0.25) is 10.0 Å². The van der Waals surface area contributed by atoms with E-state index in [-0.39, 0.29) is 11.5 Å². The van der Waals surface area contributed by atoms with Crippen molar-refractivity contribution in [2.75, 3.05) is 0 Å². The van der Waals surface area contributed by atoms with Gasteiger partial charge in [0, 0.05) is 10.8 Å². The van der Waals surface area contributed by atoms with Crippen LogP contribution in [0.5, 0.6) is 0 Å². The molecular formula is C10H6Cl2O2S2. The number of thiophene rings is 2. The van der Waals surface area contributed by atoms with Crippen LogP contribution >= 0.6 is 45.9 Å². The van der Waals surface area contributed by atoms with Gasteiger partial charge >= 0.3 is 0 Å². The van der Waals surface area contributed by atoms with E-state index in [0.717, 1.165) is 0 Å². The van der Waals surface area contributed by atoms with Crippen molar-refractivity contribution in [2.45, 2.75) is 0 Å². The summed E-state index contributed by atoms with van der Waals surface area (Å²) in [6.45, 7) is 0. The molecule has 2 heterocycles. The van der Waals surface area contributed by atoms with Crippen LogP contribution in [0.3, 0.4) is 0 Å². The Kier molecular flexibility index (Phi) is 3.44. The molecule has 2 N–H and O–H groups in total. The van der Waals surface area contributed by atoms with Crippen molar-refractivity contribution >= 4 is 57.4 Å². The molecule has 2 aromatic heterocycles. The summed E-state index contributed by atoms with van der Waals surface area (Å²) in [5.74, 6) is -0.370. The summed E-state index contributed by atoms with van der Waals surface area (Å²) in [5.41, 5.74) is 0. The number of hydrogen-bond acceptors (Lipinski definition) is 4. The average Bonchev–Trinajstić information content (AvgIpc) is 2.85. The first-order valence-electron chi connectivity index (χ1n) is 4.19. The molecule has 0 bridgehead atoms. The number of aliphatic hydroxyl groups is 2.